The number of hydrogen-bond acceptors (Lipinski definition) is 5. The highest BCUT2D eigenvalue weighted by Crippen LogP contribution is 2.54. The number of carbonyl (C=O) groups excluding carboxylic acids is 1. The lowest BCUT2D eigenvalue weighted by molar-refractivity contribution is -0.140. The second-order valence-electron chi connectivity index (χ2n) is 10.5. The minimum atomic E-state index is -1.06. The summed E-state index contributed by atoms with van der Waals surface area (Å²) in [4.78, 5) is 22.5. The van der Waals surface area contributed by atoms with Gasteiger partial charge in [0.05, 0.1) is 18.3 Å². The van der Waals surface area contributed by atoms with Crippen molar-refractivity contribution >= 4 is 11.9 Å². The van der Waals surface area contributed by atoms with E-state index in [0.29, 0.717) is 29.6 Å². The van der Waals surface area contributed by atoms with Crippen LogP contribution >= 0.6 is 0 Å². The maximum absolute atomic E-state index is 11.9. The summed E-state index contributed by atoms with van der Waals surface area (Å²) < 4.78 is 5.97. The molecule has 7 heteroatoms. The summed E-state index contributed by atoms with van der Waals surface area (Å²) in [6, 6.07) is 0. The normalized spacial score (nSPS) is 35.0. The SMILES string of the molecule is CCCCCC(O)CC[C@@H]1[C@H]2CC3CCCC(OCC(=O)NCC(=O)O)C3C[C@H]2C[C@H]1O. The van der Waals surface area contributed by atoms with Crippen LogP contribution in [0, 0.1) is 29.6 Å². The number of hydrogen-bond donors (Lipinski definition) is 4. The third-order valence-electron chi connectivity index (χ3n) is 8.33. The number of nitrogens with one attached hydrogen (secondary N) is 1. The van der Waals surface area contributed by atoms with Gasteiger partial charge in [-0.25, -0.2) is 0 Å². The molecule has 3 saturated carbocycles. The number of aliphatic hydroxyl groups excluding tert-OH is 2. The quantitative estimate of drug-likeness (QED) is 0.338. The number of ether oxygens (including phenoxy) is 1. The average Bonchev–Trinajstić information content (AvgIpc) is 3.07. The molecule has 0 aromatic carbocycles. The Morgan fingerprint density at radius 3 is 2.59 bits per heavy atom. The summed E-state index contributed by atoms with van der Waals surface area (Å²) in [7, 11) is 0. The van der Waals surface area contributed by atoms with Crippen molar-refractivity contribution in [2.24, 2.45) is 29.6 Å². The Bertz CT molecular complexity index is 613. The van der Waals surface area contributed by atoms with Crippen LogP contribution in [-0.4, -0.2) is 58.7 Å². The molecule has 7 nitrogen and oxygen atoms in total. The summed E-state index contributed by atoms with van der Waals surface area (Å²) >= 11 is 0. The first-order valence-electron chi connectivity index (χ1n) is 12.8. The van der Waals surface area contributed by atoms with E-state index < -0.39 is 5.97 Å². The molecule has 3 aliphatic carbocycles. The number of carbonyl (C=O) groups is 2. The lowest BCUT2D eigenvalue weighted by atomic mass is 9.61. The van der Waals surface area contributed by atoms with Crippen molar-refractivity contribution in [3.8, 4) is 0 Å². The molecule has 3 aliphatic rings. The number of carboxylic acid groups (broad SMARTS) is 1. The maximum atomic E-state index is 11.9. The first kappa shape index (κ1) is 25.4. The van der Waals surface area contributed by atoms with Gasteiger partial charge in [-0.15, -0.1) is 0 Å². The summed E-state index contributed by atoms with van der Waals surface area (Å²) in [5.41, 5.74) is 0. The van der Waals surface area contributed by atoms with Gasteiger partial charge in [0.15, 0.2) is 0 Å². The predicted molar refractivity (Wildman–Crippen MR) is 121 cm³/mol. The lowest BCUT2D eigenvalue weighted by Crippen LogP contribution is -2.43. The molecule has 3 fully saturated rings. The molecular weight excluding hydrogens is 410 g/mol. The van der Waals surface area contributed by atoms with Crippen molar-refractivity contribution in [2.75, 3.05) is 13.2 Å². The van der Waals surface area contributed by atoms with Crippen LogP contribution in [0.5, 0.6) is 0 Å². The molecular formula is C25H43NO6. The highest BCUT2D eigenvalue weighted by atomic mass is 16.5. The largest absolute Gasteiger partial charge is 0.480 e. The van der Waals surface area contributed by atoms with Crippen LogP contribution in [0.25, 0.3) is 0 Å². The van der Waals surface area contributed by atoms with Gasteiger partial charge in [0.25, 0.3) is 0 Å². The summed E-state index contributed by atoms with van der Waals surface area (Å²) in [6.07, 6.45) is 11.7. The Morgan fingerprint density at radius 2 is 1.84 bits per heavy atom. The van der Waals surface area contributed by atoms with Crippen LogP contribution in [0.2, 0.25) is 0 Å². The predicted octanol–water partition coefficient (Wildman–Crippen LogP) is 3.12. The highest BCUT2D eigenvalue weighted by molar-refractivity contribution is 5.81. The van der Waals surface area contributed by atoms with E-state index in [-0.39, 0.29) is 37.4 Å². The van der Waals surface area contributed by atoms with Crippen molar-refractivity contribution in [2.45, 2.75) is 102 Å². The number of aliphatic carboxylic acids is 1. The fourth-order valence-corrected chi connectivity index (χ4v) is 6.76. The molecule has 0 radical (unpaired) electrons. The molecule has 1 amide bonds. The number of amides is 1. The van der Waals surface area contributed by atoms with Gasteiger partial charge < -0.3 is 25.4 Å². The van der Waals surface area contributed by atoms with Crippen LogP contribution in [-0.2, 0) is 14.3 Å². The Kier molecular flexibility index (Phi) is 9.80. The van der Waals surface area contributed by atoms with Crippen LogP contribution in [0.1, 0.15) is 84.0 Å². The molecule has 0 aromatic heterocycles. The number of fused-ring (bicyclic) bond motifs is 2. The molecule has 0 aliphatic heterocycles. The fourth-order valence-electron chi connectivity index (χ4n) is 6.76. The van der Waals surface area contributed by atoms with Gasteiger partial charge in [0, 0.05) is 0 Å². The van der Waals surface area contributed by atoms with E-state index in [2.05, 4.69) is 12.2 Å². The Balaban J connectivity index is 1.49. The van der Waals surface area contributed by atoms with Gasteiger partial charge in [0.2, 0.25) is 5.91 Å². The van der Waals surface area contributed by atoms with Gasteiger partial charge in [-0.3, -0.25) is 9.59 Å². The molecule has 0 heterocycles. The molecule has 0 aromatic rings. The molecule has 0 saturated heterocycles. The first-order chi connectivity index (χ1) is 15.4. The van der Waals surface area contributed by atoms with E-state index in [4.69, 9.17) is 9.84 Å². The van der Waals surface area contributed by atoms with E-state index in [1.54, 1.807) is 0 Å². The Morgan fingerprint density at radius 1 is 1.06 bits per heavy atom. The summed E-state index contributed by atoms with van der Waals surface area (Å²) in [5.74, 6) is 0.881. The molecule has 0 spiro atoms. The van der Waals surface area contributed by atoms with Crippen LogP contribution in [0.3, 0.4) is 0 Å². The molecule has 32 heavy (non-hydrogen) atoms. The van der Waals surface area contributed by atoms with E-state index in [1.807, 2.05) is 0 Å². The molecule has 4 unspecified atom stereocenters. The molecule has 184 valence electrons. The Labute approximate surface area is 192 Å². The molecule has 4 N–H and O–H groups in total. The average molecular weight is 454 g/mol. The number of carboxylic acids is 1. The first-order valence-corrected chi connectivity index (χ1v) is 12.8. The van der Waals surface area contributed by atoms with Crippen LogP contribution in [0.4, 0.5) is 0 Å². The Hall–Kier alpha value is -1.18. The second-order valence-corrected chi connectivity index (χ2v) is 10.5. The zero-order valence-corrected chi connectivity index (χ0v) is 19.6. The van der Waals surface area contributed by atoms with Crippen LogP contribution in [0.15, 0.2) is 0 Å². The van der Waals surface area contributed by atoms with E-state index in [1.165, 1.54) is 12.8 Å². The van der Waals surface area contributed by atoms with Gasteiger partial charge >= 0.3 is 5.97 Å². The van der Waals surface area contributed by atoms with Crippen LogP contribution < -0.4 is 5.32 Å². The van der Waals surface area contributed by atoms with E-state index >= 15 is 0 Å². The van der Waals surface area contributed by atoms with Gasteiger partial charge in [-0.1, -0.05) is 32.6 Å². The van der Waals surface area contributed by atoms with Gasteiger partial charge in [-0.2, -0.15) is 0 Å². The third-order valence-corrected chi connectivity index (χ3v) is 8.33. The standard InChI is InChI=1S/C25H43NO6/c1-2-3-4-7-18(27)9-10-19-20-11-16-6-5-8-23(21(16)12-17(20)13-22(19)28)32-15-24(29)26-14-25(30)31/h16-23,27-28H,2-15H2,1H3,(H,26,29)(H,30,31)/t16?,17-,18?,19+,20-,21?,22+,23?/m0/s1. The van der Waals surface area contributed by atoms with Crippen molar-refractivity contribution in [1.82, 2.24) is 5.32 Å². The second kappa shape index (κ2) is 12.3. The minimum absolute atomic E-state index is 0.0434. The van der Waals surface area contributed by atoms with E-state index in [0.717, 1.165) is 64.2 Å². The maximum Gasteiger partial charge on any atom is 0.322 e. The smallest absolute Gasteiger partial charge is 0.322 e. The van der Waals surface area contributed by atoms with Gasteiger partial charge in [0.1, 0.15) is 13.2 Å². The fraction of sp³-hybridized carbons (Fsp3) is 0.920. The highest BCUT2D eigenvalue weighted by Gasteiger charge is 2.50. The number of rotatable bonds is 12. The topological polar surface area (TPSA) is 116 Å². The monoisotopic (exact) mass is 453 g/mol. The third kappa shape index (κ3) is 6.91. The molecule has 0 bridgehead atoms. The van der Waals surface area contributed by atoms with Gasteiger partial charge in [-0.05, 0) is 81.0 Å². The lowest BCUT2D eigenvalue weighted by Gasteiger charge is -2.46. The van der Waals surface area contributed by atoms with Crippen molar-refractivity contribution in [1.29, 1.82) is 0 Å². The van der Waals surface area contributed by atoms with Crippen molar-refractivity contribution in [3.63, 3.8) is 0 Å². The molecule has 8 atom stereocenters. The zero-order chi connectivity index (χ0) is 23.1. The van der Waals surface area contributed by atoms with Crippen molar-refractivity contribution in [3.05, 3.63) is 0 Å². The number of aliphatic hydroxyl groups is 2. The molecule has 3 rings (SSSR count). The number of unbranched alkanes of at least 4 members (excludes halogenated alkanes) is 2. The zero-order valence-electron chi connectivity index (χ0n) is 19.6. The van der Waals surface area contributed by atoms with Crippen molar-refractivity contribution < 1.29 is 29.6 Å². The summed E-state index contributed by atoms with van der Waals surface area (Å²) in [5, 5.41) is 32.2. The van der Waals surface area contributed by atoms with E-state index in [9.17, 15) is 19.8 Å². The minimum Gasteiger partial charge on any atom is -0.480 e. The summed E-state index contributed by atoms with van der Waals surface area (Å²) in [6.45, 7) is 1.71.